The highest BCUT2D eigenvalue weighted by Crippen LogP contribution is 2.13. The molecule has 1 N–H and O–H groups in total. The summed E-state index contributed by atoms with van der Waals surface area (Å²) in [6.45, 7) is 5.84. The van der Waals surface area contributed by atoms with Crippen LogP contribution < -0.4 is 0 Å². The summed E-state index contributed by atoms with van der Waals surface area (Å²) in [5.41, 5.74) is 1.60. The van der Waals surface area contributed by atoms with Gasteiger partial charge < -0.3 is 9.67 Å². The number of rotatable bonds is 3. The maximum atomic E-state index is 10.6. The number of carboxylic acids is 1. The predicted molar refractivity (Wildman–Crippen MR) is 48.7 cm³/mol. The summed E-state index contributed by atoms with van der Waals surface area (Å²) >= 11 is 0. The first kappa shape index (κ1) is 9.77. The van der Waals surface area contributed by atoms with Gasteiger partial charge in [0.25, 0.3) is 0 Å². The van der Waals surface area contributed by atoms with E-state index in [1.165, 1.54) is 0 Å². The molecule has 1 rings (SSSR count). The molecule has 0 saturated carbocycles. The summed E-state index contributed by atoms with van der Waals surface area (Å²) in [5, 5.41) is 8.67. The SMILES string of the molecule is Cc1ncn(C(C)C)c1CC(=O)O. The summed E-state index contributed by atoms with van der Waals surface area (Å²) in [4.78, 5) is 14.6. The highest BCUT2D eigenvalue weighted by molar-refractivity contribution is 5.69. The van der Waals surface area contributed by atoms with Gasteiger partial charge >= 0.3 is 5.97 Å². The fourth-order valence-corrected chi connectivity index (χ4v) is 1.29. The molecule has 0 aliphatic carbocycles. The van der Waals surface area contributed by atoms with Crippen molar-refractivity contribution in [2.24, 2.45) is 0 Å². The van der Waals surface area contributed by atoms with Gasteiger partial charge in [-0.1, -0.05) is 0 Å². The van der Waals surface area contributed by atoms with E-state index in [-0.39, 0.29) is 12.5 Å². The largest absolute Gasteiger partial charge is 0.481 e. The van der Waals surface area contributed by atoms with E-state index in [4.69, 9.17) is 5.11 Å². The number of carbonyl (C=O) groups is 1. The maximum absolute atomic E-state index is 10.6. The van der Waals surface area contributed by atoms with E-state index in [2.05, 4.69) is 4.98 Å². The Morgan fingerprint density at radius 1 is 1.69 bits per heavy atom. The van der Waals surface area contributed by atoms with Crippen molar-refractivity contribution >= 4 is 5.97 Å². The molecule has 0 saturated heterocycles. The standard InChI is InChI=1S/C9H14N2O2/c1-6(2)11-5-10-7(3)8(11)4-9(12)13/h5-6H,4H2,1-3H3,(H,12,13). The number of hydrogen-bond donors (Lipinski definition) is 1. The minimum atomic E-state index is -0.814. The third kappa shape index (κ3) is 2.08. The number of aryl methyl sites for hydroxylation is 1. The molecule has 0 aliphatic heterocycles. The molecule has 4 nitrogen and oxygen atoms in total. The van der Waals surface area contributed by atoms with Gasteiger partial charge in [-0.05, 0) is 20.8 Å². The van der Waals surface area contributed by atoms with E-state index in [0.29, 0.717) is 0 Å². The molecule has 0 spiro atoms. The highest BCUT2D eigenvalue weighted by atomic mass is 16.4. The number of imidazole rings is 1. The van der Waals surface area contributed by atoms with Gasteiger partial charge in [-0.3, -0.25) is 4.79 Å². The summed E-state index contributed by atoms with van der Waals surface area (Å²) < 4.78 is 1.89. The van der Waals surface area contributed by atoms with Crippen molar-refractivity contribution in [2.75, 3.05) is 0 Å². The molecular formula is C9H14N2O2. The van der Waals surface area contributed by atoms with Crippen molar-refractivity contribution in [3.8, 4) is 0 Å². The Hall–Kier alpha value is -1.32. The summed E-state index contributed by atoms with van der Waals surface area (Å²) in [6, 6.07) is 0.260. The zero-order valence-corrected chi connectivity index (χ0v) is 8.11. The van der Waals surface area contributed by atoms with Crippen molar-refractivity contribution in [3.63, 3.8) is 0 Å². The maximum Gasteiger partial charge on any atom is 0.309 e. The van der Waals surface area contributed by atoms with Crippen LogP contribution in [0.15, 0.2) is 6.33 Å². The van der Waals surface area contributed by atoms with E-state index in [0.717, 1.165) is 11.4 Å². The molecule has 0 aliphatic rings. The van der Waals surface area contributed by atoms with Crippen LogP contribution in [-0.2, 0) is 11.2 Å². The van der Waals surface area contributed by atoms with Crippen LogP contribution in [0, 0.1) is 6.92 Å². The summed E-state index contributed by atoms with van der Waals surface area (Å²) in [5.74, 6) is -0.814. The lowest BCUT2D eigenvalue weighted by molar-refractivity contribution is -0.136. The van der Waals surface area contributed by atoms with Crippen LogP contribution in [0.1, 0.15) is 31.3 Å². The molecule has 0 atom stereocenters. The van der Waals surface area contributed by atoms with Crippen LogP contribution >= 0.6 is 0 Å². The zero-order chi connectivity index (χ0) is 10.0. The molecule has 1 heterocycles. The van der Waals surface area contributed by atoms with Crippen LogP contribution in [0.25, 0.3) is 0 Å². The molecule has 0 aromatic carbocycles. The van der Waals surface area contributed by atoms with Crippen molar-refractivity contribution in [2.45, 2.75) is 33.2 Å². The van der Waals surface area contributed by atoms with Gasteiger partial charge in [-0.15, -0.1) is 0 Å². The van der Waals surface area contributed by atoms with Crippen molar-refractivity contribution < 1.29 is 9.90 Å². The number of aliphatic carboxylic acids is 1. The Balaban J connectivity index is 3.01. The highest BCUT2D eigenvalue weighted by Gasteiger charge is 2.12. The smallest absolute Gasteiger partial charge is 0.309 e. The second-order valence-corrected chi connectivity index (χ2v) is 3.35. The molecule has 0 radical (unpaired) electrons. The normalized spacial score (nSPS) is 10.8. The monoisotopic (exact) mass is 182 g/mol. The Morgan fingerprint density at radius 2 is 2.31 bits per heavy atom. The number of nitrogens with zero attached hydrogens (tertiary/aromatic N) is 2. The van der Waals surface area contributed by atoms with Gasteiger partial charge in [-0.25, -0.2) is 4.98 Å². The number of hydrogen-bond acceptors (Lipinski definition) is 2. The molecule has 1 aromatic heterocycles. The molecule has 4 heteroatoms. The third-order valence-corrected chi connectivity index (χ3v) is 1.98. The van der Waals surface area contributed by atoms with Gasteiger partial charge in [0.1, 0.15) is 0 Å². The van der Waals surface area contributed by atoms with Crippen molar-refractivity contribution in [3.05, 3.63) is 17.7 Å². The predicted octanol–water partition coefficient (Wildman–Crippen LogP) is 1.40. The molecule has 0 fully saturated rings. The van der Waals surface area contributed by atoms with Crippen LogP contribution in [0.2, 0.25) is 0 Å². The van der Waals surface area contributed by atoms with Crippen molar-refractivity contribution in [1.82, 2.24) is 9.55 Å². The second-order valence-electron chi connectivity index (χ2n) is 3.35. The topological polar surface area (TPSA) is 55.1 Å². The fourth-order valence-electron chi connectivity index (χ4n) is 1.29. The van der Waals surface area contributed by atoms with Gasteiger partial charge in [0.15, 0.2) is 0 Å². The second kappa shape index (κ2) is 3.60. The third-order valence-electron chi connectivity index (χ3n) is 1.98. The minimum Gasteiger partial charge on any atom is -0.481 e. The van der Waals surface area contributed by atoms with Gasteiger partial charge in [0.05, 0.1) is 24.1 Å². The Bertz CT molecular complexity index is 315. The van der Waals surface area contributed by atoms with Crippen molar-refractivity contribution in [1.29, 1.82) is 0 Å². The first-order chi connectivity index (χ1) is 6.02. The summed E-state index contributed by atoms with van der Waals surface area (Å²) in [7, 11) is 0. The quantitative estimate of drug-likeness (QED) is 0.768. The first-order valence-corrected chi connectivity index (χ1v) is 4.26. The average molecular weight is 182 g/mol. The fraction of sp³-hybridized carbons (Fsp3) is 0.556. The Morgan fingerprint density at radius 3 is 2.77 bits per heavy atom. The van der Waals surface area contributed by atoms with Crippen LogP contribution in [0.5, 0.6) is 0 Å². The van der Waals surface area contributed by atoms with E-state index >= 15 is 0 Å². The number of carboxylic acid groups (broad SMARTS) is 1. The lowest BCUT2D eigenvalue weighted by Crippen LogP contribution is -2.10. The molecule has 13 heavy (non-hydrogen) atoms. The molecule has 1 aromatic rings. The van der Waals surface area contributed by atoms with E-state index in [1.54, 1.807) is 6.33 Å². The molecule has 0 unspecified atom stereocenters. The summed E-state index contributed by atoms with van der Waals surface area (Å²) in [6.07, 6.45) is 1.74. The van der Waals surface area contributed by atoms with E-state index in [9.17, 15) is 4.79 Å². The Kier molecular flexibility index (Phi) is 2.70. The van der Waals surface area contributed by atoms with Gasteiger partial charge in [0, 0.05) is 6.04 Å². The molecule has 0 bridgehead atoms. The van der Waals surface area contributed by atoms with Crippen LogP contribution in [-0.4, -0.2) is 20.6 Å². The van der Waals surface area contributed by atoms with Crippen LogP contribution in [0.3, 0.4) is 0 Å². The van der Waals surface area contributed by atoms with E-state index in [1.807, 2.05) is 25.3 Å². The Labute approximate surface area is 77.2 Å². The zero-order valence-electron chi connectivity index (χ0n) is 8.11. The molecule has 72 valence electrons. The van der Waals surface area contributed by atoms with Gasteiger partial charge in [-0.2, -0.15) is 0 Å². The van der Waals surface area contributed by atoms with E-state index < -0.39 is 5.97 Å². The lowest BCUT2D eigenvalue weighted by Gasteiger charge is -2.10. The minimum absolute atomic E-state index is 0.0456. The molecule has 0 amide bonds. The lowest BCUT2D eigenvalue weighted by atomic mass is 10.2. The number of aromatic nitrogens is 2. The molecular weight excluding hydrogens is 168 g/mol. The van der Waals surface area contributed by atoms with Gasteiger partial charge in [0.2, 0.25) is 0 Å². The first-order valence-electron chi connectivity index (χ1n) is 4.26. The van der Waals surface area contributed by atoms with Crippen LogP contribution in [0.4, 0.5) is 0 Å². The average Bonchev–Trinajstić information content (AvgIpc) is 2.32.